The van der Waals surface area contributed by atoms with Gasteiger partial charge in [-0.2, -0.15) is 0 Å². The van der Waals surface area contributed by atoms with E-state index in [0.29, 0.717) is 19.7 Å². The highest BCUT2D eigenvalue weighted by Gasteiger charge is 2.22. The van der Waals surface area contributed by atoms with Gasteiger partial charge in [0.05, 0.1) is 26.0 Å². The fourth-order valence-corrected chi connectivity index (χ4v) is 4.45. The fraction of sp³-hybridized carbons (Fsp3) is 0.333. The third-order valence-electron chi connectivity index (χ3n) is 5.35. The number of urea groups is 1. The molecule has 4 rings (SSSR count). The number of methoxy groups -OCH3 is 1. The highest BCUT2D eigenvalue weighted by molar-refractivity contribution is 7.09. The molecule has 1 aliphatic rings. The molecule has 32 heavy (non-hydrogen) atoms. The molecule has 0 radical (unpaired) electrons. The molecule has 0 aliphatic carbocycles. The smallest absolute Gasteiger partial charge is 0.321 e. The molecule has 2 aromatic carbocycles. The van der Waals surface area contributed by atoms with Crippen LogP contribution in [0.1, 0.15) is 11.9 Å². The maximum absolute atomic E-state index is 12.6. The summed E-state index contributed by atoms with van der Waals surface area (Å²) in [5, 5.41) is 6.14. The Morgan fingerprint density at radius 2 is 1.88 bits per heavy atom. The molecule has 3 aromatic rings. The Balaban J connectivity index is 1.26. The molecule has 2 amide bonds. The molecule has 0 bridgehead atoms. The zero-order valence-electron chi connectivity index (χ0n) is 18.4. The number of anilines is 1. The number of piperazine rings is 1. The fourth-order valence-electron chi connectivity index (χ4n) is 3.60. The molecule has 0 saturated carbocycles. The van der Waals surface area contributed by atoms with Crippen molar-refractivity contribution in [2.45, 2.75) is 13.5 Å². The first-order valence-electron chi connectivity index (χ1n) is 10.7. The van der Waals surface area contributed by atoms with E-state index in [4.69, 9.17) is 14.5 Å². The molecule has 1 N–H and O–H groups in total. The van der Waals surface area contributed by atoms with Crippen LogP contribution in [0.4, 0.5) is 10.5 Å². The largest absolute Gasteiger partial charge is 0.497 e. The minimum atomic E-state index is -0.0663. The lowest BCUT2D eigenvalue weighted by Gasteiger charge is -2.34. The van der Waals surface area contributed by atoms with Crippen LogP contribution in [0, 0.1) is 0 Å². The Morgan fingerprint density at radius 1 is 1.09 bits per heavy atom. The summed E-state index contributed by atoms with van der Waals surface area (Å²) in [4.78, 5) is 21.6. The van der Waals surface area contributed by atoms with E-state index in [0.717, 1.165) is 53.1 Å². The molecule has 8 heteroatoms. The summed E-state index contributed by atoms with van der Waals surface area (Å²) in [7, 11) is 1.67. The predicted octanol–water partition coefficient (Wildman–Crippen LogP) is 4.57. The van der Waals surface area contributed by atoms with Gasteiger partial charge in [0, 0.05) is 42.8 Å². The van der Waals surface area contributed by atoms with E-state index < -0.39 is 0 Å². The first-order chi connectivity index (χ1) is 15.6. The minimum absolute atomic E-state index is 0.0663. The van der Waals surface area contributed by atoms with E-state index in [9.17, 15) is 4.79 Å². The van der Waals surface area contributed by atoms with E-state index >= 15 is 0 Å². The number of thiazole rings is 1. The van der Waals surface area contributed by atoms with Gasteiger partial charge in [0.15, 0.2) is 0 Å². The molecule has 0 spiro atoms. The van der Waals surface area contributed by atoms with Crippen LogP contribution < -0.4 is 14.8 Å². The van der Waals surface area contributed by atoms with E-state index in [1.807, 2.05) is 60.4 Å². The molecule has 1 fully saturated rings. The van der Waals surface area contributed by atoms with Gasteiger partial charge < -0.3 is 19.7 Å². The van der Waals surface area contributed by atoms with Gasteiger partial charge >= 0.3 is 6.03 Å². The van der Waals surface area contributed by atoms with Gasteiger partial charge in [0.25, 0.3) is 0 Å². The summed E-state index contributed by atoms with van der Waals surface area (Å²) in [6.45, 7) is 6.40. The topological polar surface area (TPSA) is 66.9 Å². The molecule has 1 saturated heterocycles. The second kappa shape index (κ2) is 10.5. The summed E-state index contributed by atoms with van der Waals surface area (Å²) in [5.41, 5.74) is 2.80. The Morgan fingerprint density at radius 3 is 2.59 bits per heavy atom. The minimum Gasteiger partial charge on any atom is -0.497 e. The van der Waals surface area contributed by atoms with Gasteiger partial charge in [-0.15, -0.1) is 11.3 Å². The molecule has 0 atom stereocenters. The first-order valence-corrected chi connectivity index (χ1v) is 11.6. The molecule has 2 heterocycles. The van der Waals surface area contributed by atoms with Crippen LogP contribution in [0.2, 0.25) is 0 Å². The molecule has 1 aliphatic heterocycles. The van der Waals surface area contributed by atoms with Crippen LogP contribution in [0.15, 0.2) is 53.9 Å². The first kappa shape index (κ1) is 22.1. The van der Waals surface area contributed by atoms with Crippen LogP contribution in [-0.4, -0.2) is 60.7 Å². The summed E-state index contributed by atoms with van der Waals surface area (Å²) in [5.74, 6) is 1.63. The number of hydrogen-bond acceptors (Lipinski definition) is 6. The van der Waals surface area contributed by atoms with Crippen molar-refractivity contribution in [2.24, 2.45) is 0 Å². The third-order valence-corrected chi connectivity index (χ3v) is 6.19. The van der Waals surface area contributed by atoms with Gasteiger partial charge in [-0.25, -0.2) is 9.78 Å². The Bertz CT molecular complexity index is 1030. The average molecular weight is 453 g/mol. The van der Waals surface area contributed by atoms with Crippen molar-refractivity contribution in [3.05, 3.63) is 58.9 Å². The van der Waals surface area contributed by atoms with Gasteiger partial charge in [-0.1, -0.05) is 12.1 Å². The van der Waals surface area contributed by atoms with Crippen molar-refractivity contribution in [2.75, 3.05) is 45.2 Å². The lowest BCUT2D eigenvalue weighted by molar-refractivity contribution is 0.143. The number of amides is 2. The van der Waals surface area contributed by atoms with E-state index in [-0.39, 0.29) is 6.03 Å². The number of nitrogens with one attached hydrogen (secondary N) is 1. The Hall–Kier alpha value is -3.10. The third kappa shape index (κ3) is 5.57. The van der Waals surface area contributed by atoms with E-state index in [1.54, 1.807) is 18.4 Å². The van der Waals surface area contributed by atoms with Crippen LogP contribution in [0.3, 0.4) is 0 Å². The van der Waals surface area contributed by atoms with Crippen LogP contribution in [0.5, 0.6) is 11.5 Å². The zero-order valence-corrected chi connectivity index (χ0v) is 19.2. The van der Waals surface area contributed by atoms with Crippen molar-refractivity contribution in [1.29, 1.82) is 0 Å². The normalized spacial score (nSPS) is 14.2. The van der Waals surface area contributed by atoms with Crippen LogP contribution in [0.25, 0.3) is 11.3 Å². The highest BCUT2D eigenvalue weighted by Crippen LogP contribution is 2.26. The quantitative estimate of drug-likeness (QED) is 0.569. The summed E-state index contributed by atoms with van der Waals surface area (Å²) < 4.78 is 10.8. The number of aromatic nitrogens is 1. The maximum atomic E-state index is 12.6. The van der Waals surface area contributed by atoms with Crippen molar-refractivity contribution < 1.29 is 14.3 Å². The standard InChI is InChI=1S/C24H28N4O3S/c1-3-31-20-9-7-19(8-10-20)25-24(29)28-13-11-27(12-14-28)16-23-26-22(17-32-23)18-5-4-6-21(15-18)30-2/h4-10,15,17H,3,11-14,16H2,1-2H3,(H,25,29). The van der Waals surface area contributed by atoms with Crippen molar-refractivity contribution >= 4 is 23.1 Å². The van der Waals surface area contributed by atoms with Gasteiger partial charge in [0.1, 0.15) is 16.5 Å². The molecule has 1 aromatic heterocycles. The number of hydrogen-bond donors (Lipinski definition) is 1. The summed E-state index contributed by atoms with van der Waals surface area (Å²) >= 11 is 1.67. The molecule has 0 unspecified atom stereocenters. The van der Waals surface area contributed by atoms with Gasteiger partial charge in [-0.3, -0.25) is 4.90 Å². The second-order valence-electron chi connectivity index (χ2n) is 7.51. The number of carbonyl (C=O) groups excluding carboxylic acids is 1. The number of ether oxygens (including phenoxy) is 2. The van der Waals surface area contributed by atoms with E-state index in [2.05, 4.69) is 15.6 Å². The number of carbonyl (C=O) groups is 1. The highest BCUT2D eigenvalue weighted by atomic mass is 32.1. The molecular weight excluding hydrogens is 424 g/mol. The Kier molecular flexibility index (Phi) is 7.24. The number of benzene rings is 2. The number of nitrogens with zero attached hydrogens (tertiary/aromatic N) is 3. The molecule has 168 valence electrons. The predicted molar refractivity (Wildman–Crippen MR) is 128 cm³/mol. The van der Waals surface area contributed by atoms with Crippen LogP contribution in [-0.2, 0) is 6.54 Å². The SMILES string of the molecule is CCOc1ccc(NC(=O)N2CCN(Cc3nc(-c4cccc(OC)c4)cs3)CC2)cc1. The lowest BCUT2D eigenvalue weighted by Crippen LogP contribution is -2.49. The molecular formula is C24H28N4O3S. The van der Waals surface area contributed by atoms with Crippen molar-refractivity contribution in [3.63, 3.8) is 0 Å². The zero-order chi connectivity index (χ0) is 22.3. The maximum Gasteiger partial charge on any atom is 0.321 e. The van der Waals surface area contributed by atoms with Crippen LogP contribution >= 0.6 is 11.3 Å². The summed E-state index contributed by atoms with van der Waals surface area (Å²) in [6.07, 6.45) is 0. The lowest BCUT2D eigenvalue weighted by atomic mass is 10.2. The van der Waals surface area contributed by atoms with Gasteiger partial charge in [0.2, 0.25) is 0 Å². The monoisotopic (exact) mass is 452 g/mol. The summed E-state index contributed by atoms with van der Waals surface area (Å²) in [6, 6.07) is 15.3. The van der Waals surface area contributed by atoms with E-state index in [1.165, 1.54) is 0 Å². The second-order valence-corrected chi connectivity index (χ2v) is 8.45. The van der Waals surface area contributed by atoms with Gasteiger partial charge in [-0.05, 0) is 43.3 Å². The Labute approximate surface area is 192 Å². The average Bonchev–Trinajstić information content (AvgIpc) is 3.29. The molecule has 7 nitrogen and oxygen atoms in total. The number of rotatable bonds is 7. The van der Waals surface area contributed by atoms with Crippen molar-refractivity contribution in [3.8, 4) is 22.8 Å². The van der Waals surface area contributed by atoms with Crippen molar-refractivity contribution in [1.82, 2.24) is 14.8 Å².